The van der Waals surface area contributed by atoms with Crippen LogP contribution in [-0.2, 0) is 9.59 Å². The molecule has 3 rings (SSSR count). The standard InChI is InChI=1S/C17H27F3N4O2/c1-10-8-14(17(18,19)20)23-24(10)7-6-21-16(26)12-9-15(25)22-13-5-3-2-4-11(12)13/h10-14,23H,2-9H2,1H3,(H,21,26)(H,22,25). The van der Waals surface area contributed by atoms with Gasteiger partial charge in [0, 0.05) is 31.6 Å². The third-order valence-electron chi connectivity index (χ3n) is 5.90. The summed E-state index contributed by atoms with van der Waals surface area (Å²) in [4.78, 5) is 24.4. The monoisotopic (exact) mass is 376 g/mol. The summed E-state index contributed by atoms with van der Waals surface area (Å²) in [5.74, 6) is -0.409. The van der Waals surface area contributed by atoms with Gasteiger partial charge in [0.25, 0.3) is 0 Å². The summed E-state index contributed by atoms with van der Waals surface area (Å²) in [6.45, 7) is 2.29. The highest BCUT2D eigenvalue weighted by atomic mass is 19.4. The number of hydrogen-bond donors (Lipinski definition) is 3. The zero-order valence-electron chi connectivity index (χ0n) is 14.9. The van der Waals surface area contributed by atoms with Crippen LogP contribution in [0.2, 0.25) is 0 Å². The van der Waals surface area contributed by atoms with E-state index >= 15 is 0 Å². The minimum absolute atomic E-state index is 0.00397. The molecule has 3 N–H and O–H groups in total. The molecule has 2 heterocycles. The fraction of sp³-hybridized carbons (Fsp3) is 0.882. The van der Waals surface area contributed by atoms with Crippen molar-refractivity contribution < 1.29 is 22.8 Å². The molecule has 26 heavy (non-hydrogen) atoms. The second-order valence-electron chi connectivity index (χ2n) is 7.73. The number of nitrogens with zero attached hydrogens (tertiary/aromatic N) is 1. The molecule has 0 bridgehead atoms. The molecule has 0 aromatic carbocycles. The number of carbonyl (C=O) groups is 2. The Hall–Kier alpha value is -1.35. The van der Waals surface area contributed by atoms with E-state index in [-0.39, 0.29) is 55.1 Å². The maximum atomic E-state index is 12.8. The molecule has 1 saturated carbocycles. The van der Waals surface area contributed by atoms with Gasteiger partial charge in [0.05, 0.1) is 5.92 Å². The van der Waals surface area contributed by atoms with E-state index in [4.69, 9.17) is 0 Å². The number of amides is 2. The third kappa shape index (κ3) is 4.31. The molecule has 0 radical (unpaired) electrons. The van der Waals surface area contributed by atoms with Crippen molar-refractivity contribution in [1.29, 1.82) is 0 Å². The molecule has 1 aliphatic carbocycles. The second-order valence-corrected chi connectivity index (χ2v) is 7.73. The van der Waals surface area contributed by atoms with Crippen molar-refractivity contribution in [2.45, 2.75) is 69.8 Å². The van der Waals surface area contributed by atoms with Gasteiger partial charge >= 0.3 is 6.18 Å². The summed E-state index contributed by atoms with van der Waals surface area (Å²) >= 11 is 0. The Labute approximate surface area is 151 Å². The van der Waals surface area contributed by atoms with Gasteiger partial charge in [0.2, 0.25) is 11.8 Å². The van der Waals surface area contributed by atoms with Crippen LogP contribution in [0.3, 0.4) is 0 Å². The van der Waals surface area contributed by atoms with Crippen molar-refractivity contribution in [2.24, 2.45) is 11.8 Å². The average Bonchev–Trinajstić information content (AvgIpc) is 2.95. The zero-order chi connectivity index (χ0) is 18.9. The minimum atomic E-state index is -4.27. The zero-order valence-corrected chi connectivity index (χ0v) is 14.9. The topological polar surface area (TPSA) is 73.5 Å². The van der Waals surface area contributed by atoms with Crippen LogP contribution >= 0.6 is 0 Å². The van der Waals surface area contributed by atoms with Crippen LogP contribution in [0.4, 0.5) is 13.2 Å². The van der Waals surface area contributed by atoms with Crippen LogP contribution in [0, 0.1) is 11.8 Å². The predicted octanol–water partition coefficient (Wildman–Crippen LogP) is 1.33. The number of alkyl halides is 3. The Balaban J connectivity index is 1.48. The molecule has 148 valence electrons. The molecule has 3 aliphatic rings. The van der Waals surface area contributed by atoms with Gasteiger partial charge < -0.3 is 10.6 Å². The lowest BCUT2D eigenvalue weighted by atomic mass is 9.72. The highest BCUT2D eigenvalue weighted by molar-refractivity contribution is 5.87. The van der Waals surface area contributed by atoms with E-state index in [0.29, 0.717) is 6.54 Å². The minimum Gasteiger partial charge on any atom is -0.354 e. The van der Waals surface area contributed by atoms with E-state index in [1.807, 2.05) is 0 Å². The van der Waals surface area contributed by atoms with Gasteiger partial charge in [-0.25, -0.2) is 10.4 Å². The maximum Gasteiger partial charge on any atom is 0.405 e. The van der Waals surface area contributed by atoms with E-state index in [0.717, 1.165) is 25.7 Å². The number of fused-ring (bicyclic) bond motifs is 1. The maximum absolute atomic E-state index is 12.8. The molecule has 0 aromatic rings. The number of piperidine rings is 1. The van der Waals surface area contributed by atoms with Gasteiger partial charge in [-0.2, -0.15) is 13.2 Å². The molecule has 5 unspecified atom stereocenters. The first kappa shape index (κ1) is 19.4. The Morgan fingerprint density at radius 1 is 1.31 bits per heavy atom. The molecule has 6 nitrogen and oxygen atoms in total. The molecule has 0 aromatic heterocycles. The molecular weight excluding hydrogens is 349 g/mol. The van der Waals surface area contributed by atoms with Gasteiger partial charge in [-0.3, -0.25) is 9.59 Å². The largest absolute Gasteiger partial charge is 0.405 e. The highest BCUT2D eigenvalue weighted by Crippen LogP contribution is 2.35. The number of hydrazine groups is 1. The smallest absolute Gasteiger partial charge is 0.354 e. The average molecular weight is 376 g/mol. The molecule has 9 heteroatoms. The first-order valence-corrected chi connectivity index (χ1v) is 9.42. The van der Waals surface area contributed by atoms with Crippen LogP contribution in [0.15, 0.2) is 0 Å². The Morgan fingerprint density at radius 2 is 2.04 bits per heavy atom. The molecule has 2 saturated heterocycles. The van der Waals surface area contributed by atoms with Crippen LogP contribution in [0.5, 0.6) is 0 Å². The second kappa shape index (κ2) is 7.72. The number of rotatable bonds is 4. The lowest BCUT2D eigenvalue weighted by molar-refractivity contribution is -0.156. The van der Waals surface area contributed by atoms with E-state index in [1.165, 1.54) is 5.01 Å². The van der Waals surface area contributed by atoms with Crippen LogP contribution < -0.4 is 16.1 Å². The highest BCUT2D eigenvalue weighted by Gasteiger charge is 2.46. The molecule has 2 amide bonds. The Morgan fingerprint density at radius 3 is 2.73 bits per heavy atom. The molecule has 5 atom stereocenters. The van der Waals surface area contributed by atoms with Gasteiger partial charge in [0.15, 0.2) is 0 Å². The summed E-state index contributed by atoms with van der Waals surface area (Å²) in [5, 5.41) is 7.35. The summed E-state index contributed by atoms with van der Waals surface area (Å²) in [6, 6.07) is -1.70. The van der Waals surface area contributed by atoms with Gasteiger partial charge in [-0.15, -0.1) is 0 Å². The molecule has 3 fully saturated rings. The molecule has 0 spiro atoms. The number of carbonyl (C=O) groups excluding carboxylic acids is 2. The van der Waals surface area contributed by atoms with Crippen molar-refractivity contribution in [2.75, 3.05) is 13.1 Å². The normalized spacial score (nSPS) is 35.7. The van der Waals surface area contributed by atoms with E-state index < -0.39 is 12.2 Å². The Kier molecular flexibility index (Phi) is 5.76. The lowest BCUT2D eigenvalue weighted by Gasteiger charge is -2.40. The first-order chi connectivity index (χ1) is 12.3. The van der Waals surface area contributed by atoms with E-state index in [9.17, 15) is 22.8 Å². The van der Waals surface area contributed by atoms with E-state index in [1.54, 1.807) is 6.92 Å². The summed E-state index contributed by atoms with van der Waals surface area (Å²) in [7, 11) is 0. The van der Waals surface area contributed by atoms with Crippen LogP contribution in [0.25, 0.3) is 0 Å². The summed E-state index contributed by atoms with van der Waals surface area (Å²) in [5.41, 5.74) is 2.48. The van der Waals surface area contributed by atoms with Crippen molar-refractivity contribution >= 4 is 11.8 Å². The van der Waals surface area contributed by atoms with Crippen LogP contribution in [-0.4, -0.2) is 54.2 Å². The predicted molar refractivity (Wildman–Crippen MR) is 88.8 cm³/mol. The van der Waals surface area contributed by atoms with Crippen molar-refractivity contribution in [3.8, 4) is 0 Å². The van der Waals surface area contributed by atoms with Gasteiger partial charge in [0.1, 0.15) is 6.04 Å². The molecule has 2 aliphatic heterocycles. The fourth-order valence-electron chi connectivity index (χ4n) is 4.50. The molecular formula is C17H27F3N4O2. The van der Waals surface area contributed by atoms with Crippen LogP contribution in [0.1, 0.15) is 45.4 Å². The quantitative estimate of drug-likeness (QED) is 0.692. The van der Waals surface area contributed by atoms with Crippen molar-refractivity contribution in [3.63, 3.8) is 0 Å². The lowest BCUT2D eigenvalue weighted by Crippen LogP contribution is -2.55. The van der Waals surface area contributed by atoms with Crippen molar-refractivity contribution in [1.82, 2.24) is 21.1 Å². The number of nitrogens with one attached hydrogen (secondary N) is 3. The first-order valence-electron chi connectivity index (χ1n) is 9.42. The SMILES string of the molecule is CC1CC(C(F)(F)F)NN1CCNC(=O)C1CC(=O)NC2CCCCC21. The van der Waals surface area contributed by atoms with Gasteiger partial charge in [-0.05, 0) is 32.1 Å². The number of hydrogen-bond acceptors (Lipinski definition) is 4. The third-order valence-corrected chi connectivity index (χ3v) is 5.90. The van der Waals surface area contributed by atoms with Crippen molar-refractivity contribution in [3.05, 3.63) is 0 Å². The summed E-state index contributed by atoms with van der Waals surface area (Å²) < 4.78 is 38.4. The Bertz CT molecular complexity index is 543. The van der Waals surface area contributed by atoms with Gasteiger partial charge in [-0.1, -0.05) is 12.8 Å². The summed E-state index contributed by atoms with van der Waals surface area (Å²) in [6.07, 6.45) is -0.0952. The van der Waals surface area contributed by atoms with E-state index in [2.05, 4.69) is 16.1 Å². The fourth-order valence-corrected chi connectivity index (χ4v) is 4.50. The number of halogens is 3.